The van der Waals surface area contributed by atoms with Gasteiger partial charge in [-0.05, 0) is 60.4 Å². The molecule has 0 bridgehead atoms. The van der Waals surface area contributed by atoms with E-state index in [1.165, 1.54) is 0 Å². The molecule has 0 aliphatic carbocycles. The second kappa shape index (κ2) is 10.4. The summed E-state index contributed by atoms with van der Waals surface area (Å²) in [6, 6.07) is 21.7. The van der Waals surface area contributed by atoms with Crippen LogP contribution < -0.4 is 14.8 Å². The smallest absolute Gasteiger partial charge is 0.240 e. The summed E-state index contributed by atoms with van der Waals surface area (Å²) in [6.07, 6.45) is 0.0174. The number of methoxy groups -OCH3 is 1. The number of benzene rings is 3. The molecule has 3 aromatic carbocycles. The van der Waals surface area contributed by atoms with E-state index in [0.717, 1.165) is 28.0 Å². The number of rotatable bonds is 9. The van der Waals surface area contributed by atoms with Crippen LogP contribution in [0.15, 0.2) is 77.7 Å². The predicted octanol–water partition coefficient (Wildman–Crippen LogP) is 3.89. The number of carbonyl (C=O) groups excluding carboxylic acids is 1. The minimum atomic E-state index is -3.68. The number of amides is 1. The van der Waals surface area contributed by atoms with Crippen molar-refractivity contribution in [1.29, 1.82) is 0 Å². The van der Waals surface area contributed by atoms with Crippen molar-refractivity contribution in [2.45, 2.75) is 31.2 Å². The third kappa shape index (κ3) is 5.96. The van der Waals surface area contributed by atoms with E-state index in [1.807, 2.05) is 68.4 Å². The average molecular weight is 453 g/mol. The summed E-state index contributed by atoms with van der Waals surface area (Å²) in [5.74, 6) is 0.477. The second-order valence-corrected chi connectivity index (χ2v) is 9.35. The highest BCUT2D eigenvalue weighted by atomic mass is 32.2. The zero-order chi connectivity index (χ0) is 23.1. The lowest BCUT2D eigenvalue weighted by molar-refractivity contribution is -0.121. The Bertz CT molecular complexity index is 1160. The third-order valence-corrected chi connectivity index (χ3v) is 6.78. The molecular formula is C25H28N2O4S. The molecule has 1 unspecified atom stereocenters. The lowest BCUT2D eigenvalue weighted by Gasteiger charge is -2.20. The van der Waals surface area contributed by atoms with Crippen LogP contribution in [0.1, 0.15) is 34.7 Å². The van der Waals surface area contributed by atoms with Crippen LogP contribution in [-0.2, 0) is 14.8 Å². The van der Waals surface area contributed by atoms with Gasteiger partial charge in [0.25, 0.3) is 0 Å². The molecule has 32 heavy (non-hydrogen) atoms. The summed E-state index contributed by atoms with van der Waals surface area (Å²) in [4.78, 5) is 12.9. The SMILES string of the molecule is COc1ccc(C(NC(=O)CCNS(=O)(=O)c2ccc(C)c(C)c2)c2ccccc2)cc1. The molecule has 0 fully saturated rings. The highest BCUT2D eigenvalue weighted by Gasteiger charge is 2.19. The molecule has 7 heteroatoms. The first-order chi connectivity index (χ1) is 15.3. The first kappa shape index (κ1) is 23.5. The van der Waals surface area contributed by atoms with E-state index in [1.54, 1.807) is 25.3 Å². The molecule has 6 nitrogen and oxygen atoms in total. The summed E-state index contributed by atoms with van der Waals surface area (Å²) >= 11 is 0. The van der Waals surface area contributed by atoms with E-state index in [2.05, 4.69) is 10.0 Å². The zero-order valence-electron chi connectivity index (χ0n) is 18.5. The summed E-state index contributed by atoms with van der Waals surface area (Å²) in [5.41, 5.74) is 3.76. The minimum Gasteiger partial charge on any atom is -0.497 e. The molecule has 0 radical (unpaired) electrons. The molecule has 0 saturated carbocycles. The number of hydrogen-bond donors (Lipinski definition) is 2. The van der Waals surface area contributed by atoms with Crippen molar-refractivity contribution in [3.05, 3.63) is 95.1 Å². The van der Waals surface area contributed by atoms with Crippen molar-refractivity contribution in [3.8, 4) is 5.75 Å². The summed E-state index contributed by atoms with van der Waals surface area (Å²) < 4.78 is 32.8. The topological polar surface area (TPSA) is 84.5 Å². The van der Waals surface area contributed by atoms with E-state index in [0.29, 0.717) is 0 Å². The fourth-order valence-electron chi connectivity index (χ4n) is 3.30. The van der Waals surface area contributed by atoms with Gasteiger partial charge < -0.3 is 10.1 Å². The van der Waals surface area contributed by atoms with Crippen molar-refractivity contribution in [2.75, 3.05) is 13.7 Å². The standard InChI is InChI=1S/C25H28N2O4S/c1-18-9-14-23(17-19(18)2)32(29,30)26-16-15-24(28)27-25(20-7-5-4-6-8-20)21-10-12-22(31-3)13-11-21/h4-14,17,25-26H,15-16H2,1-3H3,(H,27,28). The van der Waals surface area contributed by atoms with Gasteiger partial charge in [-0.2, -0.15) is 0 Å². The highest BCUT2D eigenvalue weighted by Crippen LogP contribution is 2.24. The van der Waals surface area contributed by atoms with Crippen molar-refractivity contribution < 1.29 is 17.9 Å². The quantitative estimate of drug-likeness (QED) is 0.516. The highest BCUT2D eigenvalue weighted by molar-refractivity contribution is 7.89. The molecular weight excluding hydrogens is 424 g/mol. The molecule has 0 aliphatic rings. The maximum Gasteiger partial charge on any atom is 0.240 e. The van der Waals surface area contributed by atoms with Crippen molar-refractivity contribution in [3.63, 3.8) is 0 Å². The van der Waals surface area contributed by atoms with Gasteiger partial charge >= 0.3 is 0 Å². The molecule has 1 atom stereocenters. The summed E-state index contributed by atoms with van der Waals surface area (Å²) in [7, 11) is -2.08. The summed E-state index contributed by atoms with van der Waals surface area (Å²) in [6.45, 7) is 3.80. The van der Waals surface area contributed by atoms with Crippen LogP contribution >= 0.6 is 0 Å². The van der Waals surface area contributed by atoms with Crippen LogP contribution in [0.2, 0.25) is 0 Å². The van der Waals surface area contributed by atoms with Gasteiger partial charge in [0, 0.05) is 13.0 Å². The van der Waals surface area contributed by atoms with E-state index in [-0.39, 0.29) is 29.8 Å². The molecule has 0 aromatic heterocycles. The third-order valence-electron chi connectivity index (χ3n) is 5.32. The van der Waals surface area contributed by atoms with E-state index in [9.17, 15) is 13.2 Å². The molecule has 0 spiro atoms. The zero-order valence-corrected chi connectivity index (χ0v) is 19.3. The van der Waals surface area contributed by atoms with Crippen LogP contribution in [0.5, 0.6) is 5.75 Å². The number of aryl methyl sites for hydroxylation is 2. The fourth-order valence-corrected chi connectivity index (χ4v) is 4.41. The van der Waals surface area contributed by atoms with Gasteiger partial charge in [-0.3, -0.25) is 4.79 Å². The van der Waals surface area contributed by atoms with Gasteiger partial charge in [0.15, 0.2) is 0 Å². The van der Waals surface area contributed by atoms with Gasteiger partial charge in [0.05, 0.1) is 18.0 Å². The Kier molecular flexibility index (Phi) is 7.66. The molecule has 168 valence electrons. The Morgan fingerprint density at radius 3 is 2.19 bits per heavy atom. The first-order valence-corrected chi connectivity index (χ1v) is 11.8. The number of ether oxygens (including phenoxy) is 1. The summed E-state index contributed by atoms with van der Waals surface area (Å²) in [5, 5.41) is 3.02. The molecule has 0 aliphatic heterocycles. The Labute approximate surface area is 189 Å². The number of hydrogen-bond acceptors (Lipinski definition) is 4. The molecule has 0 heterocycles. The van der Waals surface area contributed by atoms with Gasteiger partial charge in [-0.1, -0.05) is 48.5 Å². The first-order valence-electron chi connectivity index (χ1n) is 10.4. The Morgan fingerprint density at radius 2 is 1.56 bits per heavy atom. The van der Waals surface area contributed by atoms with Crippen molar-refractivity contribution in [2.24, 2.45) is 0 Å². The average Bonchev–Trinajstić information content (AvgIpc) is 2.80. The Morgan fingerprint density at radius 1 is 0.906 bits per heavy atom. The fraction of sp³-hybridized carbons (Fsp3) is 0.240. The van der Waals surface area contributed by atoms with Crippen LogP contribution in [-0.4, -0.2) is 28.0 Å². The molecule has 1 amide bonds. The predicted molar refractivity (Wildman–Crippen MR) is 125 cm³/mol. The van der Waals surface area contributed by atoms with Crippen LogP contribution in [0.3, 0.4) is 0 Å². The van der Waals surface area contributed by atoms with Crippen molar-refractivity contribution >= 4 is 15.9 Å². The monoisotopic (exact) mass is 452 g/mol. The molecule has 0 saturated heterocycles. The normalized spacial score (nSPS) is 12.2. The molecule has 2 N–H and O–H groups in total. The van der Waals surface area contributed by atoms with Gasteiger partial charge in [0.1, 0.15) is 5.75 Å². The van der Waals surface area contributed by atoms with Gasteiger partial charge in [-0.15, -0.1) is 0 Å². The van der Waals surface area contributed by atoms with Crippen LogP contribution in [0.4, 0.5) is 0 Å². The van der Waals surface area contributed by atoms with E-state index < -0.39 is 10.0 Å². The maximum atomic E-state index is 12.7. The second-order valence-electron chi connectivity index (χ2n) is 7.58. The Hall–Kier alpha value is -3.16. The number of nitrogens with one attached hydrogen (secondary N) is 2. The van der Waals surface area contributed by atoms with Gasteiger partial charge in [0.2, 0.25) is 15.9 Å². The minimum absolute atomic E-state index is 0.00517. The van der Waals surface area contributed by atoms with E-state index >= 15 is 0 Å². The van der Waals surface area contributed by atoms with Crippen LogP contribution in [0, 0.1) is 13.8 Å². The van der Waals surface area contributed by atoms with E-state index in [4.69, 9.17) is 4.74 Å². The molecule has 3 rings (SSSR count). The van der Waals surface area contributed by atoms with Crippen LogP contribution in [0.25, 0.3) is 0 Å². The van der Waals surface area contributed by atoms with Crippen molar-refractivity contribution in [1.82, 2.24) is 10.0 Å². The lowest BCUT2D eigenvalue weighted by atomic mass is 9.98. The Balaban J connectivity index is 1.66. The van der Waals surface area contributed by atoms with Gasteiger partial charge in [-0.25, -0.2) is 13.1 Å². The lowest BCUT2D eigenvalue weighted by Crippen LogP contribution is -2.33. The number of carbonyl (C=O) groups is 1. The largest absolute Gasteiger partial charge is 0.497 e. The maximum absolute atomic E-state index is 12.7. The number of sulfonamides is 1. The molecule has 3 aromatic rings.